The molecule has 0 saturated heterocycles. The summed E-state index contributed by atoms with van der Waals surface area (Å²) in [7, 11) is 3.97. The maximum Gasteiger partial charge on any atom is 0.161 e. The highest BCUT2D eigenvalue weighted by Gasteiger charge is 2.21. The van der Waals surface area contributed by atoms with Gasteiger partial charge in [0.2, 0.25) is 0 Å². The molecule has 6 aromatic rings. The number of para-hydroxylation sites is 1. The minimum atomic E-state index is -0.555. The third-order valence-corrected chi connectivity index (χ3v) is 6.21. The minimum Gasteiger partial charge on any atom is -0.384 e. The predicted molar refractivity (Wildman–Crippen MR) is 142 cm³/mol. The van der Waals surface area contributed by atoms with Crippen molar-refractivity contribution in [3.63, 3.8) is 0 Å². The SMILES string of the molecule is CN(C)CCNc1cc(F)cc(-c2cccc3[nH]c(-c4n[nH]c5cnc(-c6cncnc6)c(F)c45)nc23)c1. The molecule has 190 valence electrons. The zero-order valence-electron chi connectivity index (χ0n) is 20.6. The van der Waals surface area contributed by atoms with Gasteiger partial charge in [-0.2, -0.15) is 5.10 Å². The molecule has 0 atom stereocenters. The molecule has 0 unspecified atom stereocenters. The van der Waals surface area contributed by atoms with Crippen molar-refractivity contribution in [2.24, 2.45) is 0 Å². The van der Waals surface area contributed by atoms with E-state index >= 15 is 4.39 Å². The molecule has 0 radical (unpaired) electrons. The summed E-state index contributed by atoms with van der Waals surface area (Å²) in [5, 5.41) is 10.7. The van der Waals surface area contributed by atoms with E-state index in [0.29, 0.717) is 51.4 Å². The highest BCUT2D eigenvalue weighted by molar-refractivity contribution is 5.98. The summed E-state index contributed by atoms with van der Waals surface area (Å²) in [6.07, 6.45) is 5.89. The van der Waals surface area contributed by atoms with Crippen LogP contribution in [0.2, 0.25) is 0 Å². The van der Waals surface area contributed by atoms with Crippen LogP contribution in [0, 0.1) is 11.6 Å². The highest BCUT2D eigenvalue weighted by atomic mass is 19.1. The molecule has 4 aromatic heterocycles. The minimum absolute atomic E-state index is 0.117. The standard InChI is InChI=1S/C27H23F2N9/c1-38(2)7-6-32-18-9-15(8-17(28)10-18)19-4-3-5-20-25(19)35-27(34-20)26-22-21(36-37-26)13-33-24(23(22)29)16-11-30-14-31-12-16/h3-5,8-14,32H,6-7H2,1-2H3,(H,34,35)(H,36,37). The monoisotopic (exact) mass is 511 g/mol. The van der Waals surface area contributed by atoms with Gasteiger partial charge in [-0.1, -0.05) is 12.1 Å². The Morgan fingerprint density at radius 1 is 0.947 bits per heavy atom. The first kappa shape index (κ1) is 23.6. The van der Waals surface area contributed by atoms with Gasteiger partial charge in [0.05, 0.1) is 28.1 Å². The first-order valence-electron chi connectivity index (χ1n) is 11.9. The first-order chi connectivity index (χ1) is 18.5. The Bertz CT molecular complexity index is 1760. The fourth-order valence-corrected chi connectivity index (χ4v) is 4.42. The Morgan fingerprint density at radius 3 is 2.61 bits per heavy atom. The van der Waals surface area contributed by atoms with Crippen LogP contribution in [-0.2, 0) is 0 Å². The summed E-state index contributed by atoms with van der Waals surface area (Å²) < 4.78 is 30.3. The number of hydrogen-bond acceptors (Lipinski definition) is 7. The molecule has 0 spiro atoms. The number of nitrogens with one attached hydrogen (secondary N) is 3. The average molecular weight is 512 g/mol. The zero-order valence-corrected chi connectivity index (χ0v) is 20.6. The van der Waals surface area contributed by atoms with E-state index in [4.69, 9.17) is 4.98 Å². The number of pyridine rings is 1. The Balaban J connectivity index is 1.43. The predicted octanol–water partition coefficient (Wildman–Crippen LogP) is 4.88. The van der Waals surface area contributed by atoms with Gasteiger partial charge in [0.15, 0.2) is 11.6 Å². The Labute approximate surface area is 216 Å². The lowest BCUT2D eigenvalue weighted by Gasteiger charge is -2.13. The van der Waals surface area contributed by atoms with Crippen molar-refractivity contribution < 1.29 is 8.78 Å². The number of halogens is 2. The van der Waals surface area contributed by atoms with E-state index in [1.54, 1.807) is 0 Å². The Morgan fingerprint density at radius 2 is 1.79 bits per heavy atom. The zero-order chi connectivity index (χ0) is 26.2. The second-order valence-corrected chi connectivity index (χ2v) is 9.15. The molecular weight excluding hydrogens is 488 g/mol. The van der Waals surface area contributed by atoms with E-state index < -0.39 is 5.82 Å². The molecule has 0 amide bonds. The fraction of sp³-hybridized carbons (Fsp3) is 0.148. The molecule has 0 bridgehead atoms. The van der Waals surface area contributed by atoms with Crippen LogP contribution in [0.3, 0.4) is 0 Å². The summed E-state index contributed by atoms with van der Waals surface area (Å²) in [5.41, 5.74) is 4.74. The molecule has 2 aromatic carbocycles. The third-order valence-electron chi connectivity index (χ3n) is 6.21. The molecule has 0 aliphatic rings. The van der Waals surface area contributed by atoms with Crippen LogP contribution in [-0.4, -0.2) is 67.2 Å². The van der Waals surface area contributed by atoms with Crippen LogP contribution in [0.4, 0.5) is 14.5 Å². The molecule has 0 aliphatic carbocycles. The summed E-state index contributed by atoms with van der Waals surface area (Å²) in [6, 6.07) is 10.5. The second-order valence-electron chi connectivity index (χ2n) is 9.15. The maximum atomic E-state index is 15.7. The number of aromatic amines is 2. The first-order valence-corrected chi connectivity index (χ1v) is 11.9. The van der Waals surface area contributed by atoms with E-state index in [1.807, 2.05) is 43.3 Å². The lowest BCUT2D eigenvalue weighted by atomic mass is 10.0. The Kier molecular flexibility index (Phi) is 5.97. The number of likely N-dealkylation sites (N-methyl/N-ethyl adjacent to an activating group) is 1. The number of nitrogens with zero attached hydrogens (tertiary/aromatic N) is 6. The van der Waals surface area contributed by atoms with Gasteiger partial charge in [0.1, 0.15) is 23.5 Å². The van der Waals surface area contributed by atoms with Gasteiger partial charge >= 0.3 is 0 Å². The molecule has 9 nitrogen and oxygen atoms in total. The van der Waals surface area contributed by atoms with Crippen molar-refractivity contribution in [1.29, 1.82) is 0 Å². The largest absolute Gasteiger partial charge is 0.384 e. The van der Waals surface area contributed by atoms with Crippen molar-refractivity contribution in [3.8, 4) is 33.9 Å². The van der Waals surface area contributed by atoms with Crippen LogP contribution in [0.25, 0.3) is 55.8 Å². The van der Waals surface area contributed by atoms with Crippen molar-refractivity contribution >= 4 is 27.6 Å². The van der Waals surface area contributed by atoms with E-state index in [2.05, 4.69) is 35.5 Å². The lowest BCUT2D eigenvalue weighted by molar-refractivity contribution is 0.425. The number of fused-ring (bicyclic) bond motifs is 2. The number of aromatic nitrogens is 7. The summed E-state index contributed by atoms with van der Waals surface area (Å²) in [5.74, 6) is -0.534. The fourth-order valence-electron chi connectivity index (χ4n) is 4.42. The molecular formula is C27H23F2N9. The van der Waals surface area contributed by atoms with Crippen molar-refractivity contribution in [1.82, 2.24) is 40.0 Å². The van der Waals surface area contributed by atoms with Gasteiger partial charge in [0.25, 0.3) is 0 Å². The van der Waals surface area contributed by atoms with Gasteiger partial charge in [-0.3, -0.25) is 10.1 Å². The molecule has 0 fully saturated rings. The number of rotatable bonds is 7. The van der Waals surface area contributed by atoms with Crippen molar-refractivity contribution in [2.45, 2.75) is 0 Å². The third kappa shape index (κ3) is 4.33. The molecule has 38 heavy (non-hydrogen) atoms. The molecule has 11 heteroatoms. The van der Waals surface area contributed by atoms with Gasteiger partial charge in [-0.15, -0.1) is 0 Å². The smallest absolute Gasteiger partial charge is 0.161 e. The van der Waals surface area contributed by atoms with Crippen LogP contribution in [0.5, 0.6) is 0 Å². The molecule has 4 heterocycles. The number of hydrogen-bond donors (Lipinski definition) is 3. The van der Waals surface area contributed by atoms with Gasteiger partial charge in [0, 0.05) is 42.3 Å². The summed E-state index contributed by atoms with van der Waals surface area (Å²) in [6.45, 7) is 1.49. The van der Waals surface area contributed by atoms with Crippen LogP contribution >= 0.6 is 0 Å². The number of H-pyrrole nitrogens is 2. The molecule has 3 N–H and O–H groups in total. The summed E-state index contributed by atoms with van der Waals surface area (Å²) >= 11 is 0. The highest BCUT2D eigenvalue weighted by Crippen LogP contribution is 2.35. The summed E-state index contributed by atoms with van der Waals surface area (Å²) in [4.78, 5) is 22.2. The van der Waals surface area contributed by atoms with Gasteiger partial charge < -0.3 is 15.2 Å². The quantitative estimate of drug-likeness (QED) is 0.280. The average Bonchev–Trinajstić information content (AvgIpc) is 3.53. The van der Waals surface area contributed by atoms with E-state index in [-0.39, 0.29) is 16.9 Å². The van der Waals surface area contributed by atoms with Crippen molar-refractivity contribution in [3.05, 3.63) is 73.0 Å². The Hall–Kier alpha value is -4.77. The number of benzene rings is 2. The van der Waals surface area contributed by atoms with Crippen LogP contribution in [0.1, 0.15) is 0 Å². The number of anilines is 1. The normalized spacial score (nSPS) is 11.6. The topological polar surface area (TPSA) is 111 Å². The van der Waals surface area contributed by atoms with Gasteiger partial charge in [-0.25, -0.2) is 23.7 Å². The molecule has 0 saturated carbocycles. The van der Waals surface area contributed by atoms with E-state index in [1.165, 1.54) is 37.1 Å². The lowest BCUT2D eigenvalue weighted by Crippen LogP contribution is -2.20. The van der Waals surface area contributed by atoms with E-state index in [0.717, 1.165) is 12.1 Å². The molecule has 0 aliphatic heterocycles. The number of imidazole rings is 1. The van der Waals surface area contributed by atoms with Crippen molar-refractivity contribution in [2.75, 3.05) is 32.5 Å². The van der Waals surface area contributed by atoms with Crippen LogP contribution in [0.15, 0.2) is 61.3 Å². The van der Waals surface area contributed by atoms with Crippen LogP contribution < -0.4 is 5.32 Å². The van der Waals surface area contributed by atoms with E-state index in [9.17, 15) is 4.39 Å². The van der Waals surface area contributed by atoms with Gasteiger partial charge in [-0.05, 0) is 43.9 Å². The molecule has 6 rings (SSSR count). The maximum absolute atomic E-state index is 15.7. The second kappa shape index (κ2) is 9.60.